The number of rotatable bonds is 14. The van der Waals surface area contributed by atoms with Crippen LogP contribution < -0.4 is 16.0 Å². The van der Waals surface area contributed by atoms with E-state index >= 15 is 0 Å². The third-order valence-corrected chi connectivity index (χ3v) is 9.57. The van der Waals surface area contributed by atoms with Gasteiger partial charge in [0.25, 0.3) is 5.91 Å². The molecular formula is C43H51FN6O7. The number of carbonyl (C=O) groups is 5. The van der Waals surface area contributed by atoms with Crippen molar-refractivity contribution in [3.05, 3.63) is 119 Å². The smallest absolute Gasteiger partial charge is 0.408 e. The number of ether oxygens (including phenoxy) is 2. The van der Waals surface area contributed by atoms with Crippen LogP contribution in [0.1, 0.15) is 80.6 Å². The van der Waals surface area contributed by atoms with Gasteiger partial charge >= 0.3 is 6.09 Å². The first kappa shape index (κ1) is 42.3. The molecule has 1 fully saturated rings. The Morgan fingerprint density at radius 3 is 2.19 bits per heavy atom. The SMILES string of the molecule is Cc1ccccc1C(C(=O)N1CCC(C(=O)c2ccc(F)cc2)CC1)n1cnc(NC(=O)[C@@H](COCc2ccccc2)NC(=O)C(C)(C)NC(=O)OC(C)(C)C)c1. The van der Waals surface area contributed by atoms with Gasteiger partial charge in [0.15, 0.2) is 11.6 Å². The number of nitrogens with one attached hydrogen (secondary N) is 3. The summed E-state index contributed by atoms with van der Waals surface area (Å²) < 4.78 is 26.3. The molecule has 0 radical (unpaired) electrons. The Morgan fingerprint density at radius 1 is 0.895 bits per heavy atom. The van der Waals surface area contributed by atoms with Crippen LogP contribution in [0.4, 0.5) is 15.0 Å². The molecule has 13 nitrogen and oxygen atoms in total. The van der Waals surface area contributed by atoms with E-state index < -0.39 is 46.9 Å². The molecule has 3 N–H and O–H groups in total. The lowest BCUT2D eigenvalue weighted by molar-refractivity contribution is -0.134. The van der Waals surface area contributed by atoms with E-state index in [0.29, 0.717) is 31.5 Å². The number of hydrogen-bond acceptors (Lipinski definition) is 8. The minimum Gasteiger partial charge on any atom is -0.444 e. The van der Waals surface area contributed by atoms with Crippen molar-refractivity contribution in [3.63, 3.8) is 0 Å². The second-order valence-electron chi connectivity index (χ2n) is 15.7. The van der Waals surface area contributed by atoms with Crippen LogP contribution in [0.2, 0.25) is 0 Å². The summed E-state index contributed by atoms with van der Waals surface area (Å²) in [6.07, 6.45) is 3.13. The third kappa shape index (κ3) is 11.6. The van der Waals surface area contributed by atoms with Gasteiger partial charge in [0.1, 0.15) is 29.0 Å². The van der Waals surface area contributed by atoms with Crippen molar-refractivity contribution in [1.82, 2.24) is 25.1 Å². The number of aryl methyl sites for hydroxylation is 1. The monoisotopic (exact) mass is 782 g/mol. The molecule has 1 saturated heterocycles. The molecule has 2 heterocycles. The van der Waals surface area contributed by atoms with Gasteiger partial charge < -0.3 is 34.9 Å². The zero-order chi connectivity index (χ0) is 41.3. The number of Topliss-reactive ketones (excluding diaryl/α,β-unsaturated/α-hetero) is 1. The Hall–Kier alpha value is -5.89. The quantitative estimate of drug-likeness (QED) is 0.132. The van der Waals surface area contributed by atoms with Gasteiger partial charge in [0, 0.05) is 30.8 Å². The molecule has 2 atom stereocenters. The van der Waals surface area contributed by atoms with Crippen molar-refractivity contribution in [2.24, 2.45) is 5.92 Å². The van der Waals surface area contributed by atoms with Crippen molar-refractivity contribution in [3.8, 4) is 0 Å². The van der Waals surface area contributed by atoms with E-state index in [4.69, 9.17) is 9.47 Å². The highest BCUT2D eigenvalue weighted by Crippen LogP contribution is 2.29. The summed E-state index contributed by atoms with van der Waals surface area (Å²) in [5, 5.41) is 8.00. The lowest BCUT2D eigenvalue weighted by Gasteiger charge is -2.34. The normalized spacial score (nSPS) is 14.6. The van der Waals surface area contributed by atoms with Crippen LogP contribution in [0.15, 0.2) is 91.4 Å². The number of likely N-dealkylation sites (tertiary alicyclic amines) is 1. The number of halogens is 1. The molecule has 1 unspecified atom stereocenters. The number of alkyl carbamates (subject to hydrolysis) is 1. The molecule has 4 amide bonds. The number of piperidine rings is 1. The molecule has 1 aromatic heterocycles. The van der Waals surface area contributed by atoms with Crippen molar-refractivity contribution in [2.75, 3.05) is 25.0 Å². The summed E-state index contributed by atoms with van der Waals surface area (Å²) in [4.78, 5) is 73.5. The highest BCUT2D eigenvalue weighted by Gasteiger charge is 2.36. The predicted molar refractivity (Wildman–Crippen MR) is 212 cm³/mol. The maximum absolute atomic E-state index is 14.3. The molecule has 14 heteroatoms. The minimum absolute atomic E-state index is 0.0737. The lowest BCUT2D eigenvalue weighted by Crippen LogP contribution is -2.59. The van der Waals surface area contributed by atoms with E-state index in [1.807, 2.05) is 61.5 Å². The van der Waals surface area contributed by atoms with Gasteiger partial charge in [-0.3, -0.25) is 19.2 Å². The van der Waals surface area contributed by atoms with Crippen LogP contribution in [-0.4, -0.2) is 80.9 Å². The minimum atomic E-state index is -1.47. The third-order valence-electron chi connectivity index (χ3n) is 9.57. The Balaban J connectivity index is 1.31. The van der Waals surface area contributed by atoms with E-state index in [1.165, 1.54) is 44.4 Å². The van der Waals surface area contributed by atoms with Crippen LogP contribution in [0.3, 0.4) is 0 Å². The maximum Gasteiger partial charge on any atom is 0.408 e. The first-order chi connectivity index (χ1) is 27.0. The average Bonchev–Trinajstić information content (AvgIpc) is 3.62. The van der Waals surface area contributed by atoms with E-state index in [2.05, 4.69) is 20.9 Å². The Bertz CT molecular complexity index is 2040. The zero-order valence-corrected chi connectivity index (χ0v) is 33.2. The van der Waals surface area contributed by atoms with E-state index in [0.717, 1.165) is 16.7 Å². The highest BCUT2D eigenvalue weighted by molar-refractivity contribution is 5.99. The van der Waals surface area contributed by atoms with Gasteiger partial charge in [-0.1, -0.05) is 54.6 Å². The van der Waals surface area contributed by atoms with Crippen LogP contribution in [-0.2, 0) is 30.5 Å². The summed E-state index contributed by atoms with van der Waals surface area (Å²) in [7, 11) is 0. The van der Waals surface area contributed by atoms with Crippen LogP contribution >= 0.6 is 0 Å². The number of hydrogen-bond donors (Lipinski definition) is 3. The molecule has 0 aliphatic carbocycles. The van der Waals surface area contributed by atoms with Crippen molar-refractivity contribution in [2.45, 2.75) is 84.2 Å². The predicted octanol–water partition coefficient (Wildman–Crippen LogP) is 5.98. The fraction of sp³-hybridized carbons (Fsp3) is 0.395. The van der Waals surface area contributed by atoms with Crippen LogP contribution in [0.25, 0.3) is 0 Å². The average molecular weight is 783 g/mol. The molecule has 302 valence electrons. The zero-order valence-electron chi connectivity index (χ0n) is 33.2. The van der Waals surface area contributed by atoms with Gasteiger partial charge in [-0.15, -0.1) is 0 Å². The first-order valence-electron chi connectivity index (χ1n) is 18.9. The Labute approximate surface area is 332 Å². The molecule has 4 aromatic rings. The van der Waals surface area contributed by atoms with Crippen molar-refractivity contribution >= 4 is 35.4 Å². The van der Waals surface area contributed by atoms with Gasteiger partial charge in [-0.25, -0.2) is 14.2 Å². The topological polar surface area (TPSA) is 161 Å². The number of ketones is 1. The number of nitrogens with zero attached hydrogens (tertiary/aromatic N) is 3. The number of imidazole rings is 1. The second-order valence-corrected chi connectivity index (χ2v) is 15.7. The Kier molecular flexibility index (Phi) is 13.6. The second kappa shape index (κ2) is 18.4. The van der Waals surface area contributed by atoms with E-state index in [-0.39, 0.29) is 36.6 Å². The number of benzene rings is 3. The van der Waals surface area contributed by atoms with Gasteiger partial charge in [-0.2, -0.15) is 0 Å². The molecule has 0 spiro atoms. The number of anilines is 1. The molecular weight excluding hydrogens is 732 g/mol. The largest absolute Gasteiger partial charge is 0.444 e. The summed E-state index contributed by atoms with van der Waals surface area (Å²) in [6.45, 7) is 10.7. The van der Waals surface area contributed by atoms with Crippen LogP contribution in [0.5, 0.6) is 0 Å². The van der Waals surface area contributed by atoms with E-state index in [1.54, 1.807) is 36.4 Å². The number of aromatic nitrogens is 2. The maximum atomic E-state index is 14.3. The summed E-state index contributed by atoms with van der Waals surface area (Å²) >= 11 is 0. The standard InChI is InChI=1S/C43H51FN6O7/c1-28-12-10-11-15-33(28)36(39(53)49-22-20-31(21-23-49)37(51)30-16-18-32(44)19-17-30)50-24-35(45-27-50)47-38(52)34(26-56-25-29-13-8-7-9-14-29)46-40(54)43(5,6)48-41(55)57-42(2,3)4/h7-19,24,27,31,34,36H,20-23,25-26H2,1-6H3,(H,46,54)(H,47,52)(H,48,55)/t34-,36?/m1/s1. The van der Waals surface area contributed by atoms with Crippen molar-refractivity contribution < 1.29 is 37.8 Å². The number of carbonyl (C=O) groups excluding carboxylic acids is 5. The molecule has 3 aromatic carbocycles. The Morgan fingerprint density at radius 2 is 1.54 bits per heavy atom. The molecule has 0 bridgehead atoms. The summed E-state index contributed by atoms with van der Waals surface area (Å²) in [5.74, 6) is -2.15. The summed E-state index contributed by atoms with van der Waals surface area (Å²) in [6, 6.07) is 20.3. The van der Waals surface area contributed by atoms with Crippen LogP contribution in [0, 0.1) is 18.7 Å². The first-order valence-corrected chi connectivity index (χ1v) is 18.9. The van der Waals surface area contributed by atoms with Crippen molar-refractivity contribution in [1.29, 1.82) is 0 Å². The fourth-order valence-corrected chi connectivity index (χ4v) is 6.46. The molecule has 1 aliphatic rings. The fourth-order valence-electron chi connectivity index (χ4n) is 6.46. The summed E-state index contributed by atoms with van der Waals surface area (Å²) in [5.41, 5.74) is 0.659. The molecule has 57 heavy (non-hydrogen) atoms. The molecule has 1 aliphatic heterocycles. The highest BCUT2D eigenvalue weighted by atomic mass is 19.1. The van der Waals surface area contributed by atoms with Gasteiger partial charge in [0.2, 0.25) is 11.8 Å². The van der Waals surface area contributed by atoms with Gasteiger partial charge in [0.05, 0.1) is 19.5 Å². The molecule has 5 rings (SSSR count). The number of amides is 4. The van der Waals surface area contributed by atoms with E-state index in [9.17, 15) is 28.4 Å². The molecule has 0 saturated carbocycles. The van der Waals surface area contributed by atoms with Gasteiger partial charge in [-0.05, 0) is 95.3 Å². The lowest BCUT2D eigenvalue weighted by atomic mass is 9.88.